The fourth-order valence-electron chi connectivity index (χ4n) is 5.86. The fourth-order valence-corrected chi connectivity index (χ4v) is 5.86. The molecule has 2 aromatic carbocycles. The van der Waals surface area contributed by atoms with Crippen molar-refractivity contribution in [1.82, 2.24) is 0 Å². The zero-order valence-electron chi connectivity index (χ0n) is 15.1. The average molecular weight is 342 g/mol. The normalized spacial score (nSPS) is 35.5. The largest absolute Gasteiger partial charge is 0.261 e. The minimum Gasteiger partial charge on any atom is -0.261 e. The van der Waals surface area contributed by atoms with Crippen molar-refractivity contribution in [3.8, 4) is 0 Å². The monoisotopic (exact) mass is 342 g/mol. The number of fused-ring (bicyclic) bond motifs is 5. The van der Waals surface area contributed by atoms with Crippen LogP contribution in [0.1, 0.15) is 25.7 Å². The van der Waals surface area contributed by atoms with E-state index in [1.54, 1.807) is 0 Å². The van der Waals surface area contributed by atoms with Crippen molar-refractivity contribution in [2.45, 2.75) is 25.7 Å². The smallest absolute Gasteiger partial charge is 0.0625 e. The summed E-state index contributed by atoms with van der Waals surface area (Å²) in [4.78, 5) is 9.49. The highest BCUT2D eigenvalue weighted by molar-refractivity contribution is 5.68. The summed E-state index contributed by atoms with van der Waals surface area (Å²) < 4.78 is 0. The molecule has 3 fully saturated rings. The van der Waals surface area contributed by atoms with Crippen LogP contribution in [-0.4, -0.2) is 12.4 Å². The van der Waals surface area contributed by atoms with Crippen molar-refractivity contribution in [3.05, 3.63) is 60.7 Å². The highest BCUT2D eigenvalue weighted by Crippen LogP contribution is 2.61. The van der Waals surface area contributed by atoms with E-state index in [-0.39, 0.29) is 0 Å². The molecule has 2 heteroatoms. The van der Waals surface area contributed by atoms with E-state index in [0.717, 1.165) is 35.0 Å². The van der Waals surface area contributed by atoms with Gasteiger partial charge in [-0.15, -0.1) is 0 Å². The van der Waals surface area contributed by atoms with Crippen LogP contribution >= 0.6 is 0 Å². The van der Waals surface area contributed by atoms with Crippen molar-refractivity contribution in [1.29, 1.82) is 0 Å². The van der Waals surface area contributed by atoms with Gasteiger partial charge in [-0.3, -0.25) is 9.98 Å². The molecule has 0 aliphatic heterocycles. The summed E-state index contributed by atoms with van der Waals surface area (Å²) in [5, 5.41) is 0. The maximum absolute atomic E-state index is 4.76. The van der Waals surface area contributed by atoms with Crippen LogP contribution < -0.4 is 0 Å². The topological polar surface area (TPSA) is 24.7 Å². The third-order valence-electron chi connectivity index (χ3n) is 6.92. The maximum Gasteiger partial charge on any atom is 0.0625 e. The molecular formula is C24H26N2. The van der Waals surface area contributed by atoms with Crippen LogP contribution in [0.15, 0.2) is 70.6 Å². The predicted octanol–water partition coefficient (Wildman–Crippen LogP) is 6.09. The molecule has 2 nitrogen and oxygen atoms in total. The molecular weight excluding hydrogens is 316 g/mol. The third-order valence-corrected chi connectivity index (χ3v) is 6.92. The molecule has 0 radical (unpaired) electrons. The number of para-hydroxylation sites is 2. The van der Waals surface area contributed by atoms with Gasteiger partial charge in [0.05, 0.1) is 11.4 Å². The molecule has 0 saturated heterocycles. The van der Waals surface area contributed by atoms with Gasteiger partial charge in [0, 0.05) is 12.4 Å². The van der Waals surface area contributed by atoms with Gasteiger partial charge in [0.25, 0.3) is 0 Å². The van der Waals surface area contributed by atoms with E-state index < -0.39 is 0 Å². The van der Waals surface area contributed by atoms with Crippen LogP contribution in [0.5, 0.6) is 0 Å². The van der Waals surface area contributed by atoms with E-state index in [4.69, 9.17) is 9.98 Å². The Labute approximate surface area is 156 Å². The minimum absolute atomic E-state index is 0.667. The number of nitrogens with zero attached hydrogens (tertiary/aromatic N) is 2. The number of hydrogen-bond acceptors (Lipinski definition) is 2. The van der Waals surface area contributed by atoms with Gasteiger partial charge in [0.15, 0.2) is 0 Å². The van der Waals surface area contributed by atoms with E-state index in [1.165, 1.54) is 25.7 Å². The molecule has 6 unspecified atom stereocenters. The lowest BCUT2D eigenvalue weighted by Gasteiger charge is -2.29. The minimum atomic E-state index is 0.667. The van der Waals surface area contributed by atoms with Crippen molar-refractivity contribution in [2.75, 3.05) is 0 Å². The van der Waals surface area contributed by atoms with Crippen molar-refractivity contribution in [2.24, 2.45) is 45.5 Å². The molecule has 0 spiro atoms. The van der Waals surface area contributed by atoms with Gasteiger partial charge in [-0.05, 0) is 85.5 Å². The zero-order valence-corrected chi connectivity index (χ0v) is 15.1. The van der Waals surface area contributed by atoms with Crippen LogP contribution in [-0.2, 0) is 0 Å². The van der Waals surface area contributed by atoms with E-state index >= 15 is 0 Å². The summed E-state index contributed by atoms with van der Waals surface area (Å²) in [6, 6.07) is 20.7. The first-order valence-corrected chi connectivity index (χ1v) is 10.1. The van der Waals surface area contributed by atoms with Crippen LogP contribution in [0.4, 0.5) is 11.4 Å². The number of benzene rings is 2. The summed E-state index contributed by atoms with van der Waals surface area (Å²) in [6.45, 7) is 0. The molecule has 0 heterocycles. The van der Waals surface area contributed by atoms with Gasteiger partial charge in [-0.2, -0.15) is 0 Å². The van der Waals surface area contributed by atoms with Crippen LogP contribution in [0.2, 0.25) is 0 Å². The second-order valence-electron chi connectivity index (χ2n) is 8.35. The fraction of sp³-hybridized carbons (Fsp3) is 0.417. The number of rotatable bonds is 4. The Morgan fingerprint density at radius 3 is 1.92 bits per heavy atom. The molecule has 6 atom stereocenters. The summed E-state index contributed by atoms with van der Waals surface area (Å²) in [5.41, 5.74) is 2.17. The molecule has 0 N–H and O–H groups in total. The second kappa shape index (κ2) is 6.83. The molecule has 0 amide bonds. The molecule has 3 aliphatic carbocycles. The van der Waals surface area contributed by atoms with Gasteiger partial charge in [0.1, 0.15) is 0 Å². The van der Waals surface area contributed by atoms with Gasteiger partial charge >= 0.3 is 0 Å². The Hall–Kier alpha value is -2.22. The third kappa shape index (κ3) is 3.02. The molecule has 3 saturated carbocycles. The Morgan fingerprint density at radius 2 is 1.23 bits per heavy atom. The van der Waals surface area contributed by atoms with Crippen LogP contribution in [0.3, 0.4) is 0 Å². The molecule has 132 valence electrons. The first kappa shape index (κ1) is 16.0. The summed E-state index contributed by atoms with van der Waals surface area (Å²) in [7, 11) is 0. The Kier molecular flexibility index (Phi) is 4.20. The Balaban J connectivity index is 1.24. The highest BCUT2D eigenvalue weighted by atomic mass is 14.7. The Morgan fingerprint density at radius 1 is 0.615 bits per heavy atom. The van der Waals surface area contributed by atoms with Gasteiger partial charge in [0.2, 0.25) is 0 Å². The molecule has 2 bridgehead atoms. The molecule has 3 aliphatic rings. The number of hydrogen-bond donors (Lipinski definition) is 0. The van der Waals surface area contributed by atoms with Gasteiger partial charge in [-0.1, -0.05) is 36.4 Å². The van der Waals surface area contributed by atoms with Crippen molar-refractivity contribution < 1.29 is 0 Å². The first-order chi connectivity index (χ1) is 12.9. The summed E-state index contributed by atoms with van der Waals surface area (Å²) in [6.07, 6.45) is 9.97. The van der Waals surface area contributed by atoms with Crippen molar-refractivity contribution >= 4 is 23.8 Å². The first-order valence-electron chi connectivity index (χ1n) is 10.1. The molecule has 5 rings (SSSR count). The molecule has 0 aromatic heterocycles. The molecule has 2 aromatic rings. The lowest BCUT2D eigenvalue weighted by atomic mass is 9.76. The lowest BCUT2D eigenvalue weighted by Crippen LogP contribution is -2.25. The zero-order chi connectivity index (χ0) is 17.3. The predicted molar refractivity (Wildman–Crippen MR) is 109 cm³/mol. The SMILES string of the molecule is C(=Nc1ccccc1)C1CC2C3CC(C=Nc4ccccc4)C(C3)C2C1. The lowest BCUT2D eigenvalue weighted by molar-refractivity contribution is 0.230. The Bertz CT molecular complexity index is 795. The van der Waals surface area contributed by atoms with Gasteiger partial charge in [-0.25, -0.2) is 0 Å². The quantitative estimate of drug-likeness (QED) is 0.601. The van der Waals surface area contributed by atoms with Crippen LogP contribution in [0.25, 0.3) is 0 Å². The van der Waals surface area contributed by atoms with Crippen LogP contribution in [0, 0.1) is 35.5 Å². The maximum atomic E-state index is 4.76. The summed E-state index contributed by atoms with van der Waals surface area (Å²) >= 11 is 0. The standard InChI is InChI=1S/C24H26N2/c1-3-7-20(8-4-1)25-15-17-11-22-18-13-19(23(14-18)24(22)12-17)16-26-21-9-5-2-6-10-21/h1-10,15-19,22-24H,11-14H2. The highest BCUT2D eigenvalue weighted by Gasteiger charge is 2.55. The van der Waals surface area contributed by atoms with E-state index in [2.05, 4.69) is 67.0 Å². The van der Waals surface area contributed by atoms with E-state index in [9.17, 15) is 0 Å². The average Bonchev–Trinajstić information content (AvgIpc) is 3.38. The number of aliphatic imine (C=N–C) groups is 2. The van der Waals surface area contributed by atoms with Gasteiger partial charge < -0.3 is 0 Å². The van der Waals surface area contributed by atoms with E-state index in [0.29, 0.717) is 11.8 Å². The molecule has 26 heavy (non-hydrogen) atoms. The van der Waals surface area contributed by atoms with Crippen molar-refractivity contribution in [3.63, 3.8) is 0 Å². The summed E-state index contributed by atoms with van der Waals surface area (Å²) in [5.74, 6) is 4.97. The second-order valence-corrected chi connectivity index (χ2v) is 8.35. The van der Waals surface area contributed by atoms with E-state index in [1.807, 2.05) is 6.07 Å².